The molecule has 1 heterocycles. The van der Waals surface area contributed by atoms with Crippen LogP contribution >= 0.6 is 11.8 Å². The van der Waals surface area contributed by atoms with Crippen LogP contribution in [0.5, 0.6) is 0 Å². The van der Waals surface area contributed by atoms with Gasteiger partial charge in [0.25, 0.3) is 0 Å². The molecule has 1 unspecified atom stereocenters. The van der Waals surface area contributed by atoms with Crippen LogP contribution in [0.4, 0.5) is 0 Å². The van der Waals surface area contributed by atoms with E-state index in [1.54, 1.807) is 0 Å². The molecule has 2 nitrogen and oxygen atoms in total. The van der Waals surface area contributed by atoms with Crippen LogP contribution in [0, 0.1) is 20.8 Å². The molecule has 1 aromatic rings. The highest BCUT2D eigenvalue weighted by Crippen LogP contribution is 2.23. The topological polar surface area (TPSA) is 15.3 Å². The summed E-state index contributed by atoms with van der Waals surface area (Å²) in [5.74, 6) is 2.59. The van der Waals surface area contributed by atoms with E-state index in [2.05, 4.69) is 61.8 Å². The van der Waals surface area contributed by atoms with Crippen molar-refractivity contribution in [3.63, 3.8) is 0 Å². The molecule has 112 valence electrons. The molecule has 0 aromatic heterocycles. The molecule has 0 bridgehead atoms. The number of aryl methyl sites for hydroxylation is 3. The Morgan fingerprint density at radius 2 is 1.75 bits per heavy atom. The van der Waals surface area contributed by atoms with Gasteiger partial charge in [0, 0.05) is 43.7 Å². The van der Waals surface area contributed by atoms with Crippen molar-refractivity contribution in [1.82, 2.24) is 10.2 Å². The lowest BCUT2D eigenvalue weighted by atomic mass is 9.95. The van der Waals surface area contributed by atoms with E-state index in [0.29, 0.717) is 6.04 Å². The summed E-state index contributed by atoms with van der Waals surface area (Å²) in [7, 11) is 0. The van der Waals surface area contributed by atoms with Crippen LogP contribution in [-0.4, -0.2) is 42.6 Å². The molecule has 20 heavy (non-hydrogen) atoms. The Labute approximate surface area is 128 Å². The standard InChI is InChI=1S/C17H28N2S/c1-13-11-14(2)17(15(3)12-13)16(4)18-5-6-19-7-9-20-10-8-19/h11-12,16,18H,5-10H2,1-4H3. The van der Waals surface area contributed by atoms with Crippen molar-refractivity contribution in [3.8, 4) is 0 Å². The highest BCUT2D eigenvalue weighted by Gasteiger charge is 2.13. The molecule has 1 fully saturated rings. The summed E-state index contributed by atoms with van der Waals surface area (Å²) in [4.78, 5) is 2.57. The third kappa shape index (κ3) is 4.24. The lowest BCUT2D eigenvalue weighted by Gasteiger charge is -2.27. The zero-order valence-corrected chi connectivity index (χ0v) is 14.1. The van der Waals surface area contributed by atoms with Crippen LogP contribution in [0.3, 0.4) is 0 Å². The lowest BCUT2D eigenvalue weighted by Crippen LogP contribution is -2.38. The maximum atomic E-state index is 3.70. The molecule has 0 spiro atoms. The van der Waals surface area contributed by atoms with Gasteiger partial charge < -0.3 is 10.2 Å². The number of hydrogen-bond acceptors (Lipinski definition) is 3. The molecule has 0 saturated carbocycles. The van der Waals surface area contributed by atoms with Gasteiger partial charge in [0.2, 0.25) is 0 Å². The first-order valence-corrected chi connectivity index (χ1v) is 8.84. The zero-order chi connectivity index (χ0) is 14.5. The molecule has 2 rings (SSSR count). The third-order valence-electron chi connectivity index (χ3n) is 4.15. The highest BCUT2D eigenvalue weighted by molar-refractivity contribution is 7.99. The minimum Gasteiger partial charge on any atom is -0.309 e. The quantitative estimate of drug-likeness (QED) is 0.896. The summed E-state index contributed by atoms with van der Waals surface area (Å²) in [5, 5.41) is 3.70. The molecule has 1 aliphatic rings. The Morgan fingerprint density at radius 1 is 1.15 bits per heavy atom. The van der Waals surface area contributed by atoms with Crippen molar-refractivity contribution in [2.45, 2.75) is 33.7 Å². The second-order valence-electron chi connectivity index (χ2n) is 5.94. The van der Waals surface area contributed by atoms with Gasteiger partial charge in [-0.1, -0.05) is 17.7 Å². The van der Waals surface area contributed by atoms with Crippen molar-refractivity contribution in [1.29, 1.82) is 0 Å². The summed E-state index contributed by atoms with van der Waals surface area (Å²) in [6.45, 7) is 13.7. The van der Waals surface area contributed by atoms with Crippen LogP contribution in [0.15, 0.2) is 12.1 Å². The van der Waals surface area contributed by atoms with E-state index in [0.717, 1.165) is 6.54 Å². The van der Waals surface area contributed by atoms with Gasteiger partial charge in [0.1, 0.15) is 0 Å². The Hall–Kier alpha value is -0.510. The monoisotopic (exact) mass is 292 g/mol. The molecule has 1 aliphatic heterocycles. The summed E-state index contributed by atoms with van der Waals surface area (Å²) >= 11 is 2.08. The lowest BCUT2D eigenvalue weighted by molar-refractivity contribution is 0.296. The van der Waals surface area contributed by atoms with Gasteiger partial charge in [-0.05, 0) is 44.4 Å². The first-order valence-electron chi connectivity index (χ1n) is 7.69. The summed E-state index contributed by atoms with van der Waals surface area (Å²) < 4.78 is 0. The molecule has 3 heteroatoms. The average Bonchev–Trinajstić information content (AvgIpc) is 2.38. The predicted molar refractivity (Wildman–Crippen MR) is 90.8 cm³/mol. The maximum absolute atomic E-state index is 3.70. The maximum Gasteiger partial charge on any atom is 0.0297 e. The van der Waals surface area contributed by atoms with Crippen LogP contribution in [0.1, 0.15) is 35.2 Å². The summed E-state index contributed by atoms with van der Waals surface area (Å²) in [6, 6.07) is 5.03. The summed E-state index contributed by atoms with van der Waals surface area (Å²) in [6.07, 6.45) is 0. The number of benzene rings is 1. The second-order valence-corrected chi connectivity index (χ2v) is 7.17. The minimum absolute atomic E-state index is 0.440. The smallest absolute Gasteiger partial charge is 0.0297 e. The predicted octanol–water partition coefficient (Wildman–Crippen LogP) is 3.31. The molecule has 0 radical (unpaired) electrons. The molecule has 1 aromatic carbocycles. The second kappa shape index (κ2) is 7.48. The molecule has 1 saturated heterocycles. The molecular formula is C17H28N2S. The largest absolute Gasteiger partial charge is 0.309 e. The zero-order valence-electron chi connectivity index (χ0n) is 13.3. The van der Waals surface area contributed by atoms with E-state index in [4.69, 9.17) is 0 Å². The minimum atomic E-state index is 0.440. The first-order chi connectivity index (χ1) is 9.58. The average molecular weight is 292 g/mol. The van der Waals surface area contributed by atoms with Crippen LogP contribution in [-0.2, 0) is 0 Å². The van der Waals surface area contributed by atoms with Gasteiger partial charge in [-0.15, -0.1) is 0 Å². The first kappa shape index (κ1) is 15.9. The van der Waals surface area contributed by atoms with Crippen molar-refractivity contribution >= 4 is 11.8 Å². The SMILES string of the molecule is Cc1cc(C)c(C(C)NCCN2CCSCC2)c(C)c1. The Kier molecular flexibility index (Phi) is 5.94. The van der Waals surface area contributed by atoms with E-state index >= 15 is 0 Å². The number of nitrogens with one attached hydrogen (secondary N) is 1. The van der Waals surface area contributed by atoms with Gasteiger partial charge in [-0.3, -0.25) is 0 Å². The fraction of sp³-hybridized carbons (Fsp3) is 0.647. The molecule has 0 amide bonds. The van der Waals surface area contributed by atoms with E-state index in [9.17, 15) is 0 Å². The van der Waals surface area contributed by atoms with Crippen LogP contribution in [0.2, 0.25) is 0 Å². The van der Waals surface area contributed by atoms with Gasteiger partial charge in [0.15, 0.2) is 0 Å². The summed E-state index contributed by atoms with van der Waals surface area (Å²) in [5.41, 5.74) is 5.67. The highest BCUT2D eigenvalue weighted by atomic mass is 32.2. The molecular weight excluding hydrogens is 264 g/mol. The van der Waals surface area contributed by atoms with Gasteiger partial charge >= 0.3 is 0 Å². The fourth-order valence-electron chi connectivity index (χ4n) is 3.24. The van der Waals surface area contributed by atoms with Crippen molar-refractivity contribution in [3.05, 3.63) is 34.4 Å². The van der Waals surface area contributed by atoms with Crippen molar-refractivity contribution < 1.29 is 0 Å². The molecule has 1 N–H and O–H groups in total. The Morgan fingerprint density at radius 3 is 2.35 bits per heavy atom. The van der Waals surface area contributed by atoms with E-state index in [1.165, 1.54) is 53.4 Å². The number of rotatable bonds is 5. The number of nitrogens with zero attached hydrogens (tertiary/aromatic N) is 1. The van der Waals surface area contributed by atoms with E-state index in [1.807, 2.05) is 0 Å². The van der Waals surface area contributed by atoms with E-state index in [-0.39, 0.29) is 0 Å². The number of thioether (sulfide) groups is 1. The van der Waals surface area contributed by atoms with E-state index < -0.39 is 0 Å². The van der Waals surface area contributed by atoms with Crippen LogP contribution < -0.4 is 5.32 Å². The molecule has 1 atom stereocenters. The van der Waals surface area contributed by atoms with Gasteiger partial charge in [-0.25, -0.2) is 0 Å². The van der Waals surface area contributed by atoms with Gasteiger partial charge in [0.05, 0.1) is 0 Å². The third-order valence-corrected chi connectivity index (χ3v) is 5.10. The molecule has 0 aliphatic carbocycles. The normalized spacial score (nSPS) is 18.2. The van der Waals surface area contributed by atoms with Crippen molar-refractivity contribution in [2.24, 2.45) is 0 Å². The van der Waals surface area contributed by atoms with Gasteiger partial charge in [-0.2, -0.15) is 11.8 Å². The van der Waals surface area contributed by atoms with Crippen LogP contribution in [0.25, 0.3) is 0 Å². The Bertz CT molecular complexity index is 416. The van der Waals surface area contributed by atoms with Crippen molar-refractivity contribution in [2.75, 3.05) is 37.7 Å². The fourth-order valence-corrected chi connectivity index (χ4v) is 4.22. The Balaban J connectivity index is 1.86. The number of hydrogen-bond donors (Lipinski definition) is 1.